The molecule has 10 heteroatoms. The van der Waals surface area contributed by atoms with E-state index < -0.39 is 5.41 Å². The quantitative estimate of drug-likeness (QED) is 0.146. The van der Waals surface area contributed by atoms with Crippen LogP contribution in [0.15, 0.2) is 99.2 Å². The van der Waals surface area contributed by atoms with Crippen LogP contribution in [0.4, 0.5) is 11.4 Å². The molecule has 47 heavy (non-hydrogen) atoms. The Kier molecular flexibility index (Phi) is 9.33. The minimum atomic E-state index is -1.18. The summed E-state index contributed by atoms with van der Waals surface area (Å²) in [6, 6.07) is 21.2. The number of rotatable bonds is 12. The van der Waals surface area contributed by atoms with E-state index >= 15 is 0 Å². The van der Waals surface area contributed by atoms with Crippen molar-refractivity contribution in [2.24, 2.45) is 5.41 Å². The van der Waals surface area contributed by atoms with E-state index in [0.717, 1.165) is 11.1 Å². The highest BCUT2D eigenvalue weighted by atomic mass is 32.1. The number of amides is 2. The lowest BCUT2D eigenvalue weighted by Crippen LogP contribution is -2.47. The standard InChI is InChI=1S/C37H40N4O5S/c1-5-41-31-13-12-29(24-33(31)38(4)35(43)37(2,3)36(41)44)46-21-19-39(32(27-15-22-47-25-27)23-28-10-8-20-45-28)17-18-40-16-14-26-9-6-7-11-30(26)34(40)42/h6-16,20,22,24-25,32H,5,17-19,21,23H2,1-4H3. The number of aromatic nitrogens is 1. The number of furan rings is 1. The highest BCUT2D eigenvalue weighted by Gasteiger charge is 2.45. The maximum absolute atomic E-state index is 13.3. The van der Waals surface area contributed by atoms with Gasteiger partial charge in [-0.2, -0.15) is 11.3 Å². The zero-order chi connectivity index (χ0) is 33.1. The summed E-state index contributed by atoms with van der Waals surface area (Å²) in [5.74, 6) is 1.01. The molecular weight excluding hydrogens is 612 g/mol. The Hall–Kier alpha value is -4.67. The molecule has 4 heterocycles. The smallest absolute Gasteiger partial charge is 0.258 e. The van der Waals surface area contributed by atoms with E-state index in [9.17, 15) is 14.4 Å². The molecule has 1 atom stereocenters. The number of hydrogen-bond acceptors (Lipinski definition) is 7. The number of carbonyl (C=O) groups excluding carboxylic acids is 2. The lowest BCUT2D eigenvalue weighted by Gasteiger charge is -2.31. The Balaban J connectivity index is 1.25. The number of fused-ring (bicyclic) bond motifs is 2. The molecule has 0 aliphatic carbocycles. The fourth-order valence-electron chi connectivity index (χ4n) is 6.36. The lowest BCUT2D eigenvalue weighted by molar-refractivity contribution is -0.137. The van der Waals surface area contributed by atoms with Crippen molar-refractivity contribution < 1.29 is 18.7 Å². The van der Waals surface area contributed by atoms with Crippen molar-refractivity contribution in [2.45, 2.75) is 39.8 Å². The topological polar surface area (TPSA) is 88.2 Å². The van der Waals surface area contributed by atoms with Crippen LogP contribution < -0.4 is 20.1 Å². The summed E-state index contributed by atoms with van der Waals surface area (Å²) in [6.45, 7) is 7.75. The van der Waals surface area contributed by atoms with Gasteiger partial charge in [-0.05, 0) is 84.9 Å². The molecule has 244 valence electrons. The van der Waals surface area contributed by atoms with Crippen molar-refractivity contribution in [3.63, 3.8) is 0 Å². The monoisotopic (exact) mass is 652 g/mol. The van der Waals surface area contributed by atoms with Crippen LogP contribution in [0.1, 0.15) is 38.1 Å². The van der Waals surface area contributed by atoms with Crippen LogP contribution in [0, 0.1) is 5.41 Å². The van der Waals surface area contributed by atoms with Gasteiger partial charge in [0, 0.05) is 63.3 Å². The summed E-state index contributed by atoms with van der Waals surface area (Å²) >= 11 is 1.65. The predicted molar refractivity (Wildman–Crippen MR) is 186 cm³/mol. The lowest BCUT2D eigenvalue weighted by atomic mass is 9.90. The molecule has 6 rings (SSSR count). The third-order valence-electron chi connectivity index (χ3n) is 9.04. The number of anilines is 2. The third kappa shape index (κ3) is 6.48. The molecule has 9 nitrogen and oxygen atoms in total. The molecule has 3 aromatic heterocycles. The van der Waals surface area contributed by atoms with Crippen molar-refractivity contribution in [1.29, 1.82) is 0 Å². The fourth-order valence-corrected chi connectivity index (χ4v) is 7.07. The number of thiophene rings is 1. The number of nitrogens with zero attached hydrogens (tertiary/aromatic N) is 4. The molecule has 0 saturated carbocycles. The van der Waals surface area contributed by atoms with Gasteiger partial charge in [0.05, 0.1) is 17.6 Å². The maximum Gasteiger partial charge on any atom is 0.258 e. The van der Waals surface area contributed by atoms with Crippen LogP contribution in [0.2, 0.25) is 0 Å². The van der Waals surface area contributed by atoms with Crippen LogP contribution in [0.5, 0.6) is 5.75 Å². The van der Waals surface area contributed by atoms with Crippen molar-refractivity contribution in [2.75, 3.05) is 43.1 Å². The SMILES string of the molecule is CCN1C(=O)C(C)(C)C(=O)N(C)c2cc(OCCN(CCn3ccc4ccccc4c3=O)C(Cc3ccco3)c3ccsc3)ccc21. The highest BCUT2D eigenvalue weighted by Crippen LogP contribution is 2.40. The zero-order valence-electron chi connectivity index (χ0n) is 27.2. The van der Waals surface area contributed by atoms with Crippen molar-refractivity contribution in [3.05, 3.63) is 112 Å². The minimum absolute atomic E-state index is 0.00526. The van der Waals surface area contributed by atoms with E-state index in [1.165, 1.54) is 5.56 Å². The number of pyridine rings is 1. The Morgan fingerprint density at radius 2 is 1.79 bits per heavy atom. The molecule has 0 radical (unpaired) electrons. The first-order valence-corrected chi connectivity index (χ1v) is 16.9. The van der Waals surface area contributed by atoms with Gasteiger partial charge in [-0.3, -0.25) is 19.3 Å². The predicted octanol–water partition coefficient (Wildman–Crippen LogP) is 6.38. The normalized spacial score (nSPS) is 15.3. The van der Waals surface area contributed by atoms with Crippen molar-refractivity contribution in [3.8, 4) is 5.75 Å². The maximum atomic E-state index is 13.3. The first-order chi connectivity index (χ1) is 22.7. The minimum Gasteiger partial charge on any atom is -0.492 e. The number of benzene rings is 2. The molecule has 2 amide bonds. The molecule has 1 unspecified atom stereocenters. The van der Waals surface area contributed by atoms with Crippen LogP contribution in [0.3, 0.4) is 0 Å². The first kappa shape index (κ1) is 32.3. The molecule has 5 aromatic rings. The summed E-state index contributed by atoms with van der Waals surface area (Å²) in [4.78, 5) is 45.5. The third-order valence-corrected chi connectivity index (χ3v) is 9.74. The van der Waals surface area contributed by atoms with Crippen LogP contribution in [0.25, 0.3) is 10.8 Å². The Bertz CT molecular complexity index is 1910. The van der Waals surface area contributed by atoms with Crippen LogP contribution >= 0.6 is 11.3 Å². The second kappa shape index (κ2) is 13.6. The molecule has 0 saturated heterocycles. The van der Waals surface area contributed by atoms with Crippen LogP contribution in [-0.4, -0.2) is 54.6 Å². The van der Waals surface area contributed by atoms with Gasteiger partial charge in [-0.1, -0.05) is 18.2 Å². The molecule has 1 aliphatic heterocycles. The average Bonchev–Trinajstić information content (AvgIpc) is 3.80. The number of hydrogen-bond donors (Lipinski definition) is 0. The van der Waals surface area contributed by atoms with Crippen molar-refractivity contribution >= 4 is 45.3 Å². The fraction of sp³-hybridized carbons (Fsp3) is 0.324. The molecular formula is C37H40N4O5S. The number of ether oxygens (including phenoxy) is 1. The summed E-state index contributed by atoms with van der Waals surface area (Å²) in [6.07, 6.45) is 4.22. The van der Waals surface area contributed by atoms with Gasteiger partial charge in [0.1, 0.15) is 23.5 Å². The second-order valence-electron chi connectivity index (χ2n) is 12.3. The molecule has 0 N–H and O–H groups in total. The molecule has 0 fully saturated rings. The van der Waals surface area contributed by atoms with Gasteiger partial charge >= 0.3 is 0 Å². The summed E-state index contributed by atoms with van der Waals surface area (Å²) in [7, 11) is 1.70. The Morgan fingerprint density at radius 1 is 0.957 bits per heavy atom. The van der Waals surface area contributed by atoms with Gasteiger partial charge in [0.15, 0.2) is 0 Å². The Morgan fingerprint density at radius 3 is 2.53 bits per heavy atom. The van der Waals surface area contributed by atoms with E-state index in [4.69, 9.17) is 9.15 Å². The number of carbonyl (C=O) groups is 2. The first-order valence-electron chi connectivity index (χ1n) is 15.9. The molecule has 0 spiro atoms. The Labute approximate surface area is 278 Å². The highest BCUT2D eigenvalue weighted by molar-refractivity contribution is 7.08. The van der Waals surface area contributed by atoms with Gasteiger partial charge < -0.3 is 23.5 Å². The second-order valence-corrected chi connectivity index (χ2v) is 13.1. The van der Waals surface area contributed by atoms with Gasteiger partial charge in [0.25, 0.3) is 5.56 Å². The summed E-state index contributed by atoms with van der Waals surface area (Å²) in [5, 5.41) is 5.86. The summed E-state index contributed by atoms with van der Waals surface area (Å²) in [5.41, 5.74) is 1.31. The van der Waals surface area contributed by atoms with Gasteiger partial charge in [-0.15, -0.1) is 0 Å². The van der Waals surface area contributed by atoms with E-state index in [-0.39, 0.29) is 23.4 Å². The van der Waals surface area contributed by atoms with E-state index in [0.29, 0.717) is 61.7 Å². The molecule has 2 aromatic carbocycles. The average molecular weight is 653 g/mol. The van der Waals surface area contributed by atoms with Crippen LogP contribution in [-0.2, 0) is 22.6 Å². The van der Waals surface area contributed by atoms with E-state index in [1.807, 2.05) is 73.8 Å². The van der Waals surface area contributed by atoms with Gasteiger partial charge in [-0.25, -0.2) is 0 Å². The zero-order valence-corrected chi connectivity index (χ0v) is 28.0. The largest absolute Gasteiger partial charge is 0.492 e. The van der Waals surface area contributed by atoms with E-state index in [2.05, 4.69) is 21.7 Å². The molecule has 1 aliphatic rings. The van der Waals surface area contributed by atoms with E-state index in [1.54, 1.807) is 52.9 Å². The van der Waals surface area contributed by atoms with Gasteiger partial charge in [0.2, 0.25) is 11.8 Å². The summed E-state index contributed by atoms with van der Waals surface area (Å²) < 4.78 is 13.9. The molecule has 0 bridgehead atoms. The van der Waals surface area contributed by atoms with Crippen molar-refractivity contribution in [1.82, 2.24) is 9.47 Å².